The number of aliphatic hydroxyl groups is 1. The third kappa shape index (κ3) is 2.86. The van der Waals surface area contributed by atoms with Gasteiger partial charge in [-0.05, 0) is 26.2 Å². The first-order chi connectivity index (χ1) is 8.39. The molecule has 1 aliphatic heterocycles. The zero-order valence-corrected chi connectivity index (χ0v) is 12.3. The average Bonchev–Trinajstić information content (AvgIpc) is 2.38. The molecule has 5 nitrogen and oxygen atoms in total. The van der Waals surface area contributed by atoms with Crippen LogP contribution in [-0.4, -0.2) is 34.3 Å². The highest BCUT2D eigenvalue weighted by molar-refractivity contribution is 6.11. The maximum atomic E-state index is 12.3. The second kappa shape index (κ2) is 4.71. The second-order valence-corrected chi connectivity index (χ2v) is 6.70. The summed E-state index contributed by atoms with van der Waals surface area (Å²) in [5, 5.41) is 9.50. The first-order valence-electron chi connectivity index (χ1n) is 6.38. The molecule has 0 aliphatic carbocycles. The smallest absolute Gasteiger partial charge is 0.318 e. The summed E-state index contributed by atoms with van der Waals surface area (Å²) < 4.78 is 5.06. The number of rotatable bonds is 3. The van der Waals surface area contributed by atoms with Crippen LogP contribution < -0.4 is 0 Å². The van der Waals surface area contributed by atoms with Gasteiger partial charge in [0.15, 0.2) is 17.2 Å². The number of carbonyl (C=O) groups is 3. The monoisotopic (exact) mass is 270 g/mol. The lowest BCUT2D eigenvalue weighted by atomic mass is 9.68. The molecule has 0 aromatic carbocycles. The van der Waals surface area contributed by atoms with Crippen molar-refractivity contribution in [2.45, 2.75) is 53.2 Å². The fourth-order valence-electron chi connectivity index (χ4n) is 2.49. The summed E-state index contributed by atoms with van der Waals surface area (Å²) in [7, 11) is 0. The van der Waals surface area contributed by atoms with Crippen LogP contribution in [0.1, 0.15) is 41.5 Å². The van der Waals surface area contributed by atoms with Gasteiger partial charge in [0, 0.05) is 5.92 Å². The molecule has 0 spiro atoms. The molecule has 0 bridgehead atoms. The number of cyclic esters (lactones) is 1. The van der Waals surface area contributed by atoms with Crippen LogP contribution in [-0.2, 0) is 19.1 Å². The molecule has 0 aromatic rings. The van der Waals surface area contributed by atoms with Crippen molar-refractivity contribution < 1.29 is 24.2 Å². The molecule has 0 radical (unpaired) electrons. The summed E-state index contributed by atoms with van der Waals surface area (Å²) >= 11 is 0. The van der Waals surface area contributed by atoms with E-state index in [9.17, 15) is 19.5 Å². The number of carbonyl (C=O) groups excluding carboxylic acids is 3. The lowest BCUT2D eigenvalue weighted by molar-refractivity contribution is -0.153. The van der Waals surface area contributed by atoms with Crippen molar-refractivity contribution in [1.82, 2.24) is 0 Å². The Hall–Kier alpha value is -1.23. The normalized spacial score (nSPS) is 25.9. The van der Waals surface area contributed by atoms with Crippen LogP contribution in [0.15, 0.2) is 0 Å². The quantitative estimate of drug-likeness (QED) is 0.614. The molecule has 1 heterocycles. The number of Topliss-reactive ketones (excluding diaryl/α,β-unsaturated/α-hetero) is 2. The minimum atomic E-state index is -1.21. The van der Waals surface area contributed by atoms with Crippen molar-refractivity contribution in [2.24, 2.45) is 17.3 Å². The van der Waals surface area contributed by atoms with Gasteiger partial charge in [0.25, 0.3) is 0 Å². The van der Waals surface area contributed by atoms with Crippen LogP contribution in [0.5, 0.6) is 0 Å². The third-order valence-electron chi connectivity index (χ3n) is 3.47. The van der Waals surface area contributed by atoms with Crippen LogP contribution in [0, 0.1) is 17.3 Å². The number of ether oxygens (including phenoxy) is 1. The molecule has 1 N–H and O–H groups in total. The molecule has 0 saturated carbocycles. The van der Waals surface area contributed by atoms with E-state index in [1.165, 1.54) is 20.8 Å². The van der Waals surface area contributed by atoms with E-state index in [1.54, 1.807) is 20.8 Å². The first-order valence-corrected chi connectivity index (χ1v) is 6.38. The molecule has 2 unspecified atom stereocenters. The van der Waals surface area contributed by atoms with E-state index in [2.05, 4.69) is 0 Å². The number of hydrogen-bond donors (Lipinski definition) is 1. The lowest BCUT2D eigenvalue weighted by Crippen LogP contribution is -2.45. The van der Waals surface area contributed by atoms with Crippen LogP contribution in [0.2, 0.25) is 0 Å². The van der Waals surface area contributed by atoms with Gasteiger partial charge in [0.05, 0.1) is 0 Å². The summed E-state index contributed by atoms with van der Waals surface area (Å²) in [6, 6.07) is 0. The fourth-order valence-corrected chi connectivity index (χ4v) is 2.49. The van der Waals surface area contributed by atoms with E-state index >= 15 is 0 Å². The van der Waals surface area contributed by atoms with Crippen LogP contribution in [0.4, 0.5) is 0 Å². The maximum Gasteiger partial charge on any atom is 0.318 e. The Morgan fingerprint density at radius 1 is 1.32 bits per heavy atom. The van der Waals surface area contributed by atoms with Crippen LogP contribution in [0.25, 0.3) is 0 Å². The van der Waals surface area contributed by atoms with E-state index in [4.69, 9.17) is 4.74 Å². The van der Waals surface area contributed by atoms with Crippen molar-refractivity contribution >= 4 is 17.5 Å². The van der Waals surface area contributed by atoms with Gasteiger partial charge in [-0.3, -0.25) is 14.4 Å². The molecular formula is C14H22O5. The number of hydrogen-bond acceptors (Lipinski definition) is 5. The van der Waals surface area contributed by atoms with Crippen molar-refractivity contribution in [2.75, 3.05) is 0 Å². The average molecular weight is 270 g/mol. The lowest BCUT2D eigenvalue weighted by Gasteiger charge is -2.32. The highest BCUT2D eigenvalue weighted by Crippen LogP contribution is 2.41. The van der Waals surface area contributed by atoms with Crippen molar-refractivity contribution in [3.63, 3.8) is 0 Å². The van der Waals surface area contributed by atoms with Crippen molar-refractivity contribution in [3.8, 4) is 0 Å². The van der Waals surface area contributed by atoms with E-state index in [-0.39, 0.29) is 0 Å². The summed E-state index contributed by atoms with van der Waals surface area (Å²) in [5.41, 5.74) is -1.82. The molecule has 108 valence electrons. The Labute approximate surface area is 113 Å². The summed E-state index contributed by atoms with van der Waals surface area (Å²) in [5.74, 6) is -3.58. The summed E-state index contributed by atoms with van der Waals surface area (Å²) in [6.45, 7) is 9.67. The highest BCUT2D eigenvalue weighted by Gasteiger charge is 2.56. The van der Waals surface area contributed by atoms with Gasteiger partial charge in [-0.2, -0.15) is 0 Å². The zero-order valence-electron chi connectivity index (χ0n) is 12.3. The minimum absolute atomic E-state index is 0.397. The molecule has 3 atom stereocenters. The van der Waals surface area contributed by atoms with Gasteiger partial charge in [-0.15, -0.1) is 0 Å². The van der Waals surface area contributed by atoms with Gasteiger partial charge in [-0.25, -0.2) is 0 Å². The SMILES string of the molecule is CC(O)C(=O)[C@H](C1C(=O)OC(C)(C)C1=O)C(C)(C)C. The van der Waals surface area contributed by atoms with Gasteiger partial charge >= 0.3 is 5.97 Å². The molecule has 1 fully saturated rings. The first kappa shape index (κ1) is 15.8. The van der Waals surface area contributed by atoms with Gasteiger partial charge in [-0.1, -0.05) is 20.8 Å². The Balaban J connectivity index is 3.24. The molecule has 5 heteroatoms. The van der Waals surface area contributed by atoms with Crippen LogP contribution >= 0.6 is 0 Å². The third-order valence-corrected chi connectivity index (χ3v) is 3.47. The molecule has 1 rings (SSSR count). The summed E-state index contributed by atoms with van der Waals surface area (Å²) in [6.07, 6.45) is -1.21. The molecular weight excluding hydrogens is 248 g/mol. The standard InChI is InChI=1S/C14H22O5/c1-7(15)10(16)9(13(2,3)4)8-11(17)14(5,6)19-12(8)18/h7-9,15H,1-6H3/t7?,8?,9-/m0/s1. The topological polar surface area (TPSA) is 80.7 Å². The van der Waals surface area contributed by atoms with Gasteiger partial charge in [0.2, 0.25) is 0 Å². The van der Waals surface area contributed by atoms with Crippen molar-refractivity contribution in [3.05, 3.63) is 0 Å². The Bertz CT molecular complexity index is 414. The van der Waals surface area contributed by atoms with Crippen LogP contribution in [0.3, 0.4) is 0 Å². The number of ketones is 2. The maximum absolute atomic E-state index is 12.3. The Morgan fingerprint density at radius 3 is 2.05 bits per heavy atom. The van der Waals surface area contributed by atoms with E-state index in [0.29, 0.717) is 0 Å². The second-order valence-electron chi connectivity index (χ2n) is 6.70. The predicted molar refractivity (Wildman–Crippen MR) is 68.3 cm³/mol. The molecule has 0 amide bonds. The largest absolute Gasteiger partial charge is 0.451 e. The van der Waals surface area contributed by atoms with E-state index in [0.717, 1.165) is 0 Å². The molecule has 1 saturated heterocycles. The predicted octanol–water partition coefficient (Wildman–Crippen LogP) is 1.12. The minimum Gasteiger partial charge on any atom is -0.451 e. The molecule has 1 aliphatic rings. The van der Waals surface area contributed by atoms with E-state index < -0.39 is 46.5 Å². The number of aliphatic hydroxyl groups excluding tert-OH is 1. The Kier molecular flexibility index (Phi) is 3.92. The fraction of sp³-hybridized carbons (Fsp3) is 0.786. The molecule has 0 aromatic heterocycles. The highest BCUT2D eigenvalue weighted by atomic mass is 16.6. The molecule has 19 heavy (non-hydrogen) atoms. The van der Waals surface area contributed by atoms with Gasteiger partial charge in [0.1, 0.15) is 12.0 Å². The zero-order chi connectivity index (χ0) is 15.2. The Morgan fingerprint density at radius 2 is 1.79 bits per heavy atom. The number of esters is 1. The van der Waals surface area contributed by atoms with Crippen molar-refractivity contribution in [1.29, 1.82) is 0 Å². The van der Waals surface area contributed by atoms with Gasteiger partial charge < -0.3 is 9.84 Å². The van der Waals surface area contributed by atoms with E-state index in [1.807, 2.05) is 0 Å². The summed E-state index contributed by atoms with van der Waals surface area (Å²) in [4.78, 5) is 36.4.